The second kappa shape index (κ2) is 7.94. The first-order valence-corrected chi connectivity index (χ1v) is 9.74. The summed E-state index contributed by atoms with van der Waals surface area (Å²) in [5.74, 6) is 1.74. The highest BCUT2D eigenvalue weighted by Crippen LogP contribution is 2.37. The highest BCUT2D eigenvalue weighted by atomic mass is 79.9. The molecule has 0 aromatic heterocycles. The van der Waals surface area contributed by atoms with Crippen LogP contribution in [0.5, 0.6) is 11.5 Å². The van der Waals surface area contributed by atoms with Crippen molar-refractivity contribution in [3.05, 3.63) is 63.1 Å². The van der Waals surface area contributed by atoms with Crippen LogP contribution in [0.2, 0.25) is 0 Å². The Bertz CT molecular complexity index is 802. The van der Waals surface area contributed by atoms with Crippen molar-refractivity contribution in [2.45, 2.75) is 23.8 Å². The van der Waals surface area contributed by atoms with Crippen molar-refractivity contribution in [2.24, 2.45) is 0 Å². The van der Waals surface area contributed by atoms with Gasteiger partial charge in [0.15, 0.2) is 0 Å². The summed E-state index contributed by atoms with van der Waals surface area (Å²) in [6.45, 7) is 0. The molecular weight excluding hydrogens is 448 g/mol. The van der Waals surface area contributed by atoms with Gasteiger partial charge in [-0.2, -0.15) is 0 Å². The van der Waals surface area contributed by atoms with Gasteiger partial charge in [0.05, 0.1) is 20.3 Å². The van der Waals surface area contributed by atoms with Crippen LogP contribution in [0.25, 0.3) is 6.08 Å². The van der Waals surface area contributed by atoms with Crippen molar-refractivity contribution in [1.82, 2.24) is 0 Å². The van der Waals surface area contributed by atoms with Gasteiger partial charge in [-0.25, -0.2) is 0 Å². The molecule has 2 aromatic carbocycles. The van der Waals surface area contributed by atoms with Crippen LogP contribution >= 0.6 is 31.9 Å². The largest absolute Gasteiger partial charge is 0.497 e. The molecule has 4 rings (SSSR count). The maximum Gasteiger partial charge on any atom is 0.119 e. The van der Waals surface area contributed by atoms with Crippen molar-refractivity contribution in [3.63, 3.8) is 0 Å². The Balaban J connectivity index is 0.000000146. The zero-order valence-electron chi connectivity index (χ0n) is 14.1. The van der Waals surface area contributed by atoms with E-state index in [-0.39, 0.29) is 4.83 Å². The fourth-order valence-electron chi connectivity index (χ4n) is 3.08. The van der Waals surface area contributed by atoms with Crippen LogP contribution in [-0.4, -0.2) is 24.2 Å². The Labute approximate surface area is 164 Å². The first-order valence-electron chi connectivity index (χ1n) is 8.03. The van der Waals surface area contributed by atoms with Gasteiger partial charge in [0.1, 0.15) is 11.5 Å². The number of alkyl halides is 1. The van der Waals surface area contributed by atoms with Crippen LogP contribution in [0.1, 0.15) is 28.4 Å². The quantitative estimate of drug-likeness (QED) is 0.629. The number of fused-ring (bicyclic) bond motifs is 2. The Morgan fingerprint density at radius 2 is 1.68 bits per heavy atom. The molecule has 132 valence electrons. The fraction of sp³-hybridized carbons (Fsp3) is 0.300. The van der Waals surface area contributed by atoms with Gasteiger partial charge in [0.25, 0.3) is 0 Å². The summed E-state index contributed by atoms with van der Waals surface area (Å²) in [6.07, 6.45) is 3.63. The summed E-state index contributed by atoms with van der Waals surface area (Å²) in [4.78, 5) is 0.148. The lowest BCUT2D eigenvalue weighted by atomic mass is 10.1. The van der Waals surface area contributed by atoms with E-state index in [4.69, 9.17) is 9.47 Å². The topological polar surface area (TPSA) is 38.7 Å². The van der Waals surface area contributed by atoms with E-state index in [1.807, 2.05) is 24.3 Å². The molecule has 2 aromatic rings. The third kappa shape index (κ3) is 4.10. The Kier molecular flexibility index (Phi) is 5.87. The fourth-order valence-corrected chi connectivity index (χ4v) is 4.26. The highest BCUT2D eigenvalue weighted by Gasteiger charge is 2.28. The van der Waals surface area contributed by atoms with Crippen LogP contribution in [0.3, 0.4) is 0 Å². The number of allylic oxidation sites excluding steroid dienone is 1. The van der Waals surface area contributed by atoms with Gasteiger partial charge >= 0.3 is 0 Å². The first kappa shape index (κ1) is 18.5. The molecule has 0 saturated heterocycles. The summed E-state index contributed by atoms with van der Waals surface area (Å²) in [6, 6.07) is 12.0. The molecule has 0 fully saturated rings. The van der Waals surface area contributed by atoms with E-state index < -0.39 is 6.10 Å². The van der Waals surface area contributed by atoms with Crippen molar-refractivity contribution in [2.75, 3.05) is 14.2 Å². The van der Waals surface area contributed by atoms with E-state index in [1.165, 1.54) is 21.2 Å². The lowest BCUT2D eigenvalue weighted by molar-refractivity contribution is 0.187. The zero-order valence-corrected chi connectivity index (χ0v) is 17.3. The van der Waals surface area contributed by atoms with Crippen LogP contribution in [0.4, 0.5) is 0 Å². The maximum absolute atomic E-state index is 9.77. The molecule has 2 aliphatic carbocycles. The van der Waals surface area contributed by atoms with Gasteiger partial charge in [-0.3, -0.25) is 0 Å². The predicted molar refractivity (Wildman–Crippen MR) is 108 cm³/mol. The van der Waals surface area contributed by atoms with Gasteiger partial charge in [-0.1, -0.05) is 44.0 Å². The van der Waals surface area contributed by atoms with Gasteiger partial charge in [0, 0.05) is 15.7 Å². The van der Waals surface area contributed by atoms with E-state index in [9.17, 15) is 5.11 Å². The molecule has 0 bridgehead atoms. The standard InChI is InChI=1S/C10H11BrO2.C10H9BrO/c1-13-7-3-2-6-4-9(11)10(12)8(6)5-7;1-12-10-3-2-7-4-9(11)5-8(7)6-10/h2-3,5,9-10,12H,4H2,1H3;2-4,6H,5H2,1H3. The van der Waals surface area contributed by atoms with E-state index in [0.717, 1.165) is 29.9 Å². The van der Waals surface area contributed by atoms with E-state index in [1.54, 1.807) is 14.2 Å². The van der Waals surface area contributed by atoms with Gasteiger partial charge < -0.3 is 14.6 Å². The molecule has 0 radical (unpaired) electrons. The molecule has 1 N–H and O–H groups in total. The molecule has 3 nitrogen and oxygen atoms in total. The number of hydrogen-bond acceptors (Lipinski definition) is 3. The number of rotatable bonds is 2. The SMILES string of the molecule is COc1ccc2c(c1)C(O)C(Br)C2.COc1ccc2c(c1)CC(Br)=C2. The summed E-state index contributed by atoms with van der Waals surface area (Å²) < 4.78 is 11.5. The summed E-state index contributed by atoms with van der Waals surface area (Å²) >= 11 is 6.93. The third-order valence-electron chi connectivity index (χ3n) is 4.45. The average Bonchev–Trinajstić information content (AvgIpc) is 3.13. The second-order valence-electron chi connectivity index (χ2n) is 6.06. The monoisotopic (exact) mass is 466 g/mol. The lowest BCUT2D eigenvalue weighted by Gasteiger charge is -2.08. The highest BCUT2D eigenvalue weighted by molar-refractivity contribution is 9.11. The number of aliphatic hydroxyl groups is 1. The zero-order chi connectivity index (χ0) is 18.0. The minimum absolute atomic E-state index is 0.148. The minimum atomic E-state index is -0.398. The number of halogens is 2. The van der Waals surface area contributed by atoms with E-state index >= 15 is 0 Å². The van der Waals surface area contributed by atoms with Crippen LogP contribution in [0, 0.1) is 0 Å². The molecular formula is C20H20Br2O3. The van der Waals surface area contributed by atoms with E-state index in [2.05, 4.69) is 50.1 Å². The molecule has 25 heavy (non-hydrogen) atoms. The van der Waals surface area contributed by atoms with Gasteiger partial charge in [-0.05, 0) is 59.0 Å². The molecule has 2 aliphatic rings. The number of aliphatic hydroxyl groups excluding tert-OH is 1. The number of benzene rings is 2. The van der Waals surface area contributed by atoms with Crippen molar-refractivity contribution < 1.29 is 14.6 Å². The minimum Gasteiger partial charge on any atom is -0.497 e. The molecule has 2 unspecified atom stereocenters. The summed E-state index contributed by atoms with van der Waals surface area (Å²) in [5.41, 5.74) is 4.82. The maximum atomic E-state index is 9.77. The number of hydrogen-bond donors (Lipinski definition) is 1. The number of methoxy groups -OCH3 is 2. The van der Waals surface area contributed by atoms with Crippen molar-refractivity contribution >= 4 is 37.9 Å². The molecule has 0 amide bonds. The Hall–Kier alpha value is -1.30. The molecule has 0 spiro atoms. The van der Waals surface area contributed by atoms with Crippen LogP contribution < -0.4 is 9.47 Å². The molecule has 5 heteroatoms. The molecule has 2 atom stereocenters. The summed E-state index contributed by atoms with van der Waals surface area (Å²) in [7, 11) is 3.33. The van der Waals surface area contributed by atoms with Crippen molar-refractivity contribution in [1.29, 1.82) is 0 Å². The normalized spacial score (nSPS) is 20.1. The molecule has 0 saturated carbocycles. The van der Waals surface area contributed by atoms with Crippen LogP contribution in [0.15, 0.2) is 40.9 Å². The molecule has 0 heterocycles. The Morgan fingerprint density at radius 3 is 2.40 bits per heavy atom. The van der Waals surface area contributed by atoms with E-state index in [0.29, 0.717) is 0 Å². The third-order valence-corrected chi connectivity index (χ3v) is 5.78. The average molecular weight is 468 g/mol. The van der Waals surface area contributed by atoms with Gasteiger partial charge in [0.2, 0.25) is 0 Å². The summed E-state index contributed by atoms with van der Waals surface area (Å²) in [5, 5.41) is 9.77. The Morgan fingerprint density at radius 1 is 1.00 bits per heavy atom. The smallest absolute Gasteiger partial charge is 0.119 e. The second-order valence-corrected chi connectivity index (χ2v) is 8.26. The van der Waals surface area contributed by atoms with Crippen molar-refractivity contribution in [3.8, 4) is 11.5 Å². The number of ether oxygens (including phenoxy) is 2. The predicted octanol–water partition coefficient (Wildman–Crippen LogP) is 5.04. The first-order chi connectivity index (χ1) is 12.0. The van der Waals surface area contributed by atoms with Crippen LogP contribution in [-0.2, 0) is 12.8 Å². The van der Waals surface area contributed by atoms with Gasteiger partial charge in [-0.15, -0.1) is 0 Å². The lowest BCUT2D eigenvalue weighted by Crippen LogP contribution is -2.04. The molecule has 0 aliphatic heterocycles.